The molecular formula is C10H15N5OS. The molecule has 1 aromatic heterocycles. The van der Waals surface area contributed by atoms with Crippen LogP contribution in [-0.2, 0) is 11.8 Å². The van der Waals surface area contributed by atoms with Crippen molar-refractivity contribution in [2.45, 2.75) is 18.0 Å². The van der Waals surface area contributed by atoms with Crippen LogP contribution < -0.4 is 0 Å². The van der Waals surface area contributed by atoms with Gasteiger partial charge in [-0.1, -0.05) is 11.8 Å². The zero-order valence-corrected chi connectivity index (χ0v) is 10.8. The molecule has 0 aliphatic heterocycles. The third kappa shape index (κ3) is 4.44. The van der Waals surface area contributed by atoms with Gasteiger partial charge in [-0.2, -0.15) is 10.4 Å². The van der Waals surface area contributed by atoms with Gasteiger partial charge in [0, 0.05) is 32.8 Å². The number of amides is 1. The first-order valence-corrected chi connectivity index (χ1v) is 6.21. The summed E-state index contributed by atoms with van der Waals surface area (Å²) in [4.78, 5) is 17.3. The molecule has 0 radical (unpaired) electrons. The van der Waals surface area contributed by atoms with Gasteiger partial charge >= 0.3 is 0 Å². The van der Waals surface area contributed by atoms with E-state index < -0.39 is 0 Å². The number of carbonyl (C=O) groups excluding carboxylic acids is 1. The third-order valence-corrected chi connectivity index (χ3v) is 3.24. The highest BCUT2D eigenvalue weighted by molar-refractivity contribution is 7.99. The molecule has 1 heterocycles. The van der Waals surface area contributed by atoms with E-state index in [9.17, 15) is 4.79 Å². The number of nitrogens with zero attached hydrogens (tertiary/aromatic N) is 5. The molecule has 0 saturated heterocycles. The van der Waals surface area contributed by atoms with E-state index in [4.69, 9.17) is 5.26 Å². The molecule has 92 valence electrons. The van der Waals surface area contributed by atoms with Crippen molar-refractivity contribution < 1.29 is 4.79 Å². The van der Waals surface area contributed by atoms with Crippen molar-refractivity contribution in [1.29, 1.82) is 5.26 Å². The second-order valence-electron chi connectivity index (χ2n) is 3.49. The summed E-state index contributed by atoms with van der Waals surface area (Å²) in [5, 5.41) is 13.2. The number of aromatic nitrogens is 3. The molecule has 17 heavy (non-hydrogen) atoms. The summed E-state index contributed by atoms with van der Waals surface area (Å²) in [6.07, 6.45) is 2.31. The van der Waals surface area contributed by atoms with Crippen molar-refractivity contribution in [2.75, 3.05) is 19.3 Å². The number of nitriles is 1. The van der Waals surface area contributed by atoms with Crippen molar-refractivity contribution in [1.82, 2.24) is 19.7 Å². The van der Waals surface area contributed by atoms with E-state index in [-0.39, 0.29) is 5.91 Å². The normalized spacial score (nSPS) is 9.94. The van der Waals surface area contributed by atoms with Gasteiger partial charge < -0.3 is 4.90 Å². The predicted octanol–water partition coefficient (Wildman–Crippen LogP) is 0.669. The van der Waals surface area contributed by atoms with Crippen LogP contribution in [0.1, 0.15) is 12.8 Å². The maximum absolute atomic E-state index is 11.6. The number of rotatable bonds is 6. The number of thioether (sulfide) groups is 1. The van der Waals surface area contributed by atoms with Gasteiger partial charge in [0.15, 0.2) is 5.16 Å². The quantitative estimate of drug-likeness (QED) is 0.696. The fraction of sp³-hybridized carbons (Fsp3) is 0.600. The zero-order valence-electron chi connectivity index (χ0n) is 9.96. The molecule has 0 atom stereocenters. The maximum atomic E-state index is 11.6. The highest BCUT2D eigenvalue weighted by Crippen LogP contribution is 2.14. The molecule has 0 saturated carbocycles. The summed E-state index contributed by atoms with van der Waals surface area (Å²) in [5.74, 6) is 0.720. The summed E-state index contributed by atoms with van der Waals surface area (Å²) >= 11 is 1.50. The molecule has 1 aromatic rings. The molecule has 0 aliphatic carbocycles. The minimum atomic E-state index is 0.0509. The first-order chi connectivity index (χ1) is 8.15. The standard InChI is InChI=1S/C10H15N5OS/c1-14(6-3-5-11)9(16)4-7-17-10-12-8-13-15(10)2/h8H,3-4,6-7H2,1-2H3. The van der Waals surface area contributed by atoms with Crippen molar-refractivity contribution in [2.24, 2.45) is 7.05 Å². The van der Waals surface area contributed by atoms with Gasteiger partial charge in [0.2, 0.25) is 5.91 Å². The molecule has 7 heteroatoms. The van der Waals surface area contributed by atoms with Crippen LogP contribution in [0.4, 0.5) is 0 Å². The molecular weight excluding hydrogens is 238 g/mol. The van der Waals surface area contributed by atoms with E-state index in [0.29, 0.717) is 25.1 Å². The number of hydrogen-bond acceptors (Lipinski definition) is 5. The van der Waals surface area contributed by atoms with Gasteiger partial charge in [-0.15, -0.1) is 0 Å². The lowest BCUT2D eigenvalue weighted by atomic mass is 10.3. The Labute approximate surface area is 105 Å². The number of hydrogen-bond donors (Lipinski definition) is 0. The molecule has 1 rings (SSSR count). The van der Waals surface area contributed by atoms with Crippen LogP contribution in [0, 0.1) is 11.3 Å². The van der Waals surface area contributed by atoms with Crippen LogP contribution >= 0.6 is 11.8 Å². The van der Waals surface area contributed by atoms with Crippen molar-refractivity contribution in [3.8, 4) is 6.07 Å². The Balaban J connectivity index is 2.25. The van der Waals surface area contributed by atoms with E-state index in [0.717, 1.165) is 5.16 Å². The highest BCUT2D eigenvalue weighted by Gasteiger charge is 2.09. The van der Waals surface area contributed by atoms with Gasteiger partial charge in [0.25, 0.3) is 0 Å². The van der Waals surface area contributed by atoms with E-state index in [2.05, 4.69) is 10.1 Å². The fourth-order valence-electron chi connectivity index (χ4n) is 1.18. The van der Waals surface area contributed by atoms with Crippen LogP contribution in [-0.4, -0.2) is 44.9 Å². The number of carbonyl (C=O) groups is 1. The SMILES string of the molecule is CN(CCC#N)C(=O)CCSc1ncnn1C. The second-order valence-corrected chi connectivity index (χ2v) is 4.55. The molecule has 0 spiro atoms. The Bertz CT molecular complexity index is 411. The van der Waals surface area contributed by atoms with Gasteiger partial charge in [0.05, 0.1) is 12.5 Å². The lowest BCUT2D eigenvalue weighted by Crippen LogP contribution is -2.27. The average Bonchev–Trinajstić information content (AvgIpc) is 2.72. The third-order valence-electron chi connectivity index (χ3n) is 2.20. The van der Waals surface area contributed by atoms with Gasteiger partial charge in [0.1, 0.15) is 6.33 Å². The molecule has 6 nitrogen and oxygen atoms in total. The minimum Gasteiger partial charge on any atom is -0.345 e. The monoisotopic (exact) mass is 253 g/mol. The lowest BCUT2D eigenvalue weighted by Gasteiger charge is -2.14. The Kier molecular flexibility index (Phi) is 5.49. The van der Waals surface area contributed by atoms with Crippen molar-refractivity contribution >= 4 is 17.7 Å². The summed E-state index contributed by atoms with van der Waals surface area (Å²) in [6, 6.07) is 2.02. The lowest BCUT2D eigenvalue weighted by molar-refractivity contribution is -0.129. The van der Waals surface area contributed by atoms with Gasteiger partial charge in [-0.3, -0.25) is 4.79 Å². The highest BCUT2D eigenvalue weighted by atomic mass is 32.2. The van der Waals surface area contributed by atoms with Crippen LogP contribution in [0.25, 0.3) is 0 Å². The van der Waals surface area contributed by atoms with E-state index in [1.165, 1.54) is 18.1 Å². The summed E-state index contributed by atoms with van der Waals surface area (Å²) < 4.78 is 1.68. The van der Waals surface area contributed by atoms with Crippen molar-refractivity contribution in [3.63, 3.8) is 0 Å². The summed E-state index contributed by atoms with van der Waals surface area (Å²) in [7, 11) is 3.53. The summed E-state index contributed by atoms with van der Waals surface area (Å²) in [5.41, 5.74) is 0. The molecule has 0 unspecified atom stereocenters. The molecule has 1 amide bonds. The van der Waals surface area contributed by atoms with Crippen LogP contribution in [0.2, 0.25) is 0 Å². The molecule has 0 fully saturated rings. The van der Waals surface area contributed by atoms with Gasteiger partial charge in [-0.05, 0) is 0 Å². The van der Waals surface area contributed by atoms with Crippen LogP contribution in [0.5, 0.6) is 0 Å². The fourth-order valence-corrected chi connectivity index (χ4v) is 1.99. The van der Waals surface area contributed by atoms with E-state index in [1.807, 2.05) is 13.1 Å². The smallest absolute Gasteiger partial charge is 0.223 e. The second kappa shape index (κ2) is 6.91. The molecule has 0 aromatic carbocycles. The van der Waals surface area contributed by atoms with Crippen LogP contribution in [0.3, 0.4) is 0 Å². The van der Waals surface area contributed by atoms with Gasteiger partial charge in [-0.25, -0.2) is 9.67 Å². The predicted molar refractivity (Wildman–Crippen MR) is 64.2 cm³/mol. The maximum Gasteiger partial charge on any atom is 0.223 e. The minimum absolute atomic E-state index is 0.0509. The number of aryl methyl sites for hydroxylation is 1. The summed E-state index contributed by atoms with van der Waals surface area (Å²) in [6.45, 7) is 0.490. The average molecular weight is 253 g/mol. The first-order valence-electron chi connectivity index (χ1n) is 5.23. The zero-order chi connectivity index (χ0) is 12.7. The van der Waals surface area contributed by atoms with E-state index >= 15 is 0 Å². The topological polar surface area (TPSA) is 74.8 Å². The van der Waals surface area contributed by atoms with Crippen LogP contribution in [0.15, 0.2) is 11.5 Å². The molecule has 0 aliphatic rings. The molecule has 0 N–H and O–H groups in total. The Morgan fingerprint density at radius 2 is 2.47 bits per heavy atom. The Morgan fingerprint density at radius 1 is 1.71 bits per heavy atom. The Morgan fingerprint density at radius 3 is 3.06 bits per heavy atom. The van der Waals surface area contributed by atoms with Crippen molar-refractivity contribution in [3.05, 3.63) is 6.33 Å². The Hall–Kier alpha value is -1.55. The first kappa shape index (κ1) is 13.5. The molecule has 0 bridgehead atoms. The largest absolute Gasteiger partial charge is 0.345 e. The van der Waals surface area contributed by atoms with E-state index in [1.54, 1.807) is 16.6 Å².